The average molecular weight is 302 g/mol. The standard InChI is InChI=1S/C14H14N4O2S/c1-2-11(10-6-4-3-5-7-10)15-12-13(18(19)20)17-8-9-21-14(17)16-12/h3-9,11,15H,2H2,1H3. The third kappa shape index (κ3) is 2.47. The van der Waals surface area contributed by atoms with E-state index in [1.807, 2.05) is 37.3 Å². The molecule has 0 radical (unpaired) electrons. The summed E-state index contributed by atoms with van der Waals surface area (Å²) in [5.74, 6) is 0.309. The van der Waals surface area contributed by atoms with Crippen LogP contribution in [-0.2, 0) is 0 Å². The third-order valence-electron chi connectivity index (χ3n) is 3.33. The monoisotopic (exact) mass is 302 g/mol. The summed E-state index contributed by atoms with van der Waals surface area (Å²) in [6.45, 7) is 2.04. The lowest BCUT2D eigenvalue weighted by molar-refractivity contribution is -0.389. The maximum absolute atomic E-state index is 11.3. The zero-order valence-corrected chi connectivity index (χ0v) is 12.2. The van der Waals surface area contributed by atoms with Gasteiger partial charge in [0.1, 0.15) is 6.20 Å². The van der Waals surface area contributed by atoms with Gasteiger partial charge in [-0.05, 0) is 16.9 Å². The van der Waals surface area contributed by atoms with E-state index < -0.39 is 4.92 Å². The van der Waals surface area contributed by atoms with Crippen molar-refractivity contribution in [3.63, 3.8) is 0 Å². The lowest BCUT2D eigenvalue weighted by atomic mass is 10.0. The number of imidazole rings is 1. The second-order valence-electron chi connectivity index (χ2n) is 4.61. The van der Waals surface area contributed by atoms with Crippen LogP contribution in [0.3, 0.4) is 0 Å². The minimum atomic E-state index is -0.396. The van der Waals surface area contributed by atoms with Crippen LogP contribution in [0.5, 0.6) is 0 Å². The minimum absolute atomic E-state index is 0.00509. The van der Waals surface area contributed by atoms with Crippen molar-refractivity contribution in [1.29, 1.82) is 0 Å². The van der Waals surface area contributed by atoms with Gasteiger partial charge in [-0.25, -0.2) is 0 Å². The molecule has 108 valence electrons. The fraction of sp³-hybridized carbons (Fsp3) is 0.214. The minimum Gasteiger partial charge on any atom is -0.358 e. The Kier molecular flexibility index (Phi) is 3.57. The molecule has 21 heavy (non-hydrogen) atoms. The van der Waals surface area contributed by atoms with Gasteiger partial charge in [0.05, 0.1) is 6.04 Å². The Morgan fingerprint density at radius 3 is 2.86 bits per heavy atom. The van der Waals surface area contributed by atoms with Crippen LogP contribution in [0.25, 0.3) is 4.96 Å². The molecule has 7 heteroatoms. The van der Waals surface area contributed by atoms with Crippen molar-refractivity contribution in [2.75, 3.05) is 5.32 Å². The average Bonchev–Trinajstić information content (AvgIpc) is 3.05. The molecule has 0 saturated heterocycles. The highest BCUT2D eigenvalue weighted by atomic mass is 32.1. The third-order valence-corrected chi connectivity index (χ3v) is 4.09. The molecule has 0 saturated carbocycles. The maximum atomic E-state index is 11.3. The van der Waals surface area contributed by atoms with E-state index in [2.05, 4.69) is 10.3 Å². The van der Waals surface area contributed by atoms with Crippen LogP contribution >= 0.6 is 11.3 Å². The first-order chi connectivity index (χ1) is 10.2. The molecule has 1 unspecified atom stereocenters. The molecular formula is C14H14N4O2S. The van der Waals surface area contributed by atoms with Crippen molar-refractivity contribution < 1.29 is 4.92 Å². The number of fused-ring (bicyclic) bond motifs is 1. The van der Waals surface area contributed by atoms with E-state index in [4.69, 9.17) is 0 Å². The van der Waals surface area contributed by atoms with Crippen molar-refractivity contribution in [2.24, 2.45) is 0 Å². The fourth-order valence-electron chi connectivity index (χ4n) is 2.32. The summed E-state index contributed by atoms with van der Waals surface area (Å²) in [4.78, 5) is 15.9. The van der Waals surface area contributed by atoms with Crippen molar-refractivity contribution in [3.8, 4) is 0 Å². The molecule has 0 aliphatic heterocycles. The Bertz CT molecular complexity index is 766. The fourth-order valence-corrected chi connectivity index (χ4v) is 3.03. The zero-order valence-electron chi connectivity index (χ0n) is 11.4. The van der Waals surface area contributed by atoms with Crippen molar-refractivity contribution >= 4 is 27.9 Å². The highest BCUT2D eigenvalue weighted by Gasteiger charge is 2.25. The Morgan fingerprint density at radius 2 is 2.19 bits per heavy atom. The van der Waals surface area contributed by atoms with Gasteiger partial charge in [-0.2, -0.15) is 9.38 Å². The van der Waals surface area contributed by atoms with E-state index in [1.54, 1.807) is 11.6 Å². The van der Waals surface area contributed by atoms with Gasteiger partial charge in [0.15, 0.2) is 0 Å². The van der Waals surface area contributed by atoms with Crippen LogP contribution in [0.1, 0.15) is 24.9 Å². The molecule has 2 aromatic heterocycles. The number of hydrogen-bond donors (Lipinski definition) is 1. The molecule has 1 atom stereocenters. The summed E-state index contributed by atoms with van der Waals surface area (Å²) in [5.41, 5.74) is 1.09. The Labute approximate surface area is 125 Å². The van der Waals surface area contributed by atoms with E-state index in [0.29, 0.717) is 10.8 Å². The number of nitrogens with zero attached hydrogens (tertiary/aromatic N) is 3. The number of thiazole rings is 1. The summed E-state index contributed by atoms with van der Waals surface area (Å²) >= 11 is 1.38. The molecule has 2 heterocycles. The van der Waals surface area contributed by atoms with Crippen LogP contribution in [0.2, 0.25) is 0 Å². The molecule has 1 aromatic carbocycles. The largest absolute Gasteiger partial charge is 0.372 e. The molecule has 3 aromatic rings. The smallest absolute Gasteiger partial charge is 0.358 e. The lowest BCUT2D eigenvalue weighted by Crippen LogP contribution is -2.11. The first-order valence-corrected chi connectivity index (χ1v) is 7.50. The Hall–Kier alpha value is -2.41. The quantitative estimate of drug-likeness (QED) is 0.573. The SMILES string of the molecule is CCC(Nc1nc2sccn2c1[N+](=O)[O-])c1ccccc1. The summed E-state index contributed by atoms with van der Waals surface area (Å²) in [6.07, 6.45) is 2.48. The van der Waals surface area contributed by atoms with Gasteiger partial charge in [0, 0.05) is 5.38 Å². The predicted octanol–water partition coefficient (Wildman–Crippen LogP) is 3.87. The van der Waals surface area contributed by atoms with Crippen LogP contribution in [-0.4, -0.2) is 14.3 Å². The van der Waals surface area contributed by atoms with Gasteiger partial charge < -0.3 is 15.4 Å². The summed E-state index contributed by atoms with van der Waals surface area (Å²) in [7, 11) is 0. The Morgan fingerprint density at radius 1 is 1.43 bits per heavy atom. The van der Waals surface area contributed by atoms with Crippen LogP contribution in [0.15, 0.2) is 41.9 Å². The molecule has 3 rings (SSSR count). The highest BCUT2D eigenvalue weighted by molar-refractivity contribution is 7.15. The number of rotatable bonds is 5. The number of hydrogen-bond acceptors (Lipinski definition) is 5. The van der Waals surface area contributed by atoms with Crippen molar-refractivity contribution in [1.82, 2.24) is 9.38 Å². The normalized spacial score (nSPS) is 12.4. The molecule has 0 fully saturated rings. The van der Waals surface area contributed by atoms with Crippen molar-refractivity contribution in [3.05, 3.63) is 57.6 Å². The van der Waals surface area contributed by atoms with E-state index in [-0.39, 0.29) is 11.9 Å². The second kappa shape index (κ2) is 5.53. The van der Waals surface area contributed by atoms with Crippen LogP contribution < -0.4 is 5.32 Å². The summed E-state index contributed by atoms with van der Waals surface area (Å²) < 4.78 is 1.50. The molecule has 0 aliphatic carbocycles. The van der Waals surface area contributed by atoms with E-state index in [9.17, 15) is 10.1 Å². The zero-order chi connectivity index (χ0) is 14.8. The molecule has 6 nitrogen and oxygen atoms in total. The lowest BCUT2D eigenvalue weighted by Gasteiger charge is -2.16. The molecule has 0 aliphatic rings. The van der Waals surface area contributed by atoms with E-state index >= 15 is 0 Å². The van der Waals surface area contributed by atoms with E-state index in [1.165, 1.54) is 15.7 Å². The molecule has 1 N–H and O–H groups in total. The van der Waals surface area contributed by atoms with Gasteiger partial charge in [0.25, 0.3) is 4.96 Å². The molecule has 0 amide bonds. The molecule has 0 bridgehead atoms. The number of benzene rings is 1. The first-order valence-electron chi connectivity index (χ1n) is 6.62. The second-order valence-corrected chi connectivity index (χ2v) is 5.49. The van der Waals surface area contributed by atoms with Gasteiger partial charge >= 0.3 is 5.82 Å². The maximum Gasteiger partial charge on any atom is 0.372 e. The number of anilines is 1. The topological polar surface area (TPSA) is 72.5 Å². The molecular weight excluding hydrogens is 288 g/mol. The first kappa shape index (κ1) is 13.6. The summed E-state index contributed by atoms with van der Waals surface area (Å²) in [5, 5.41) is 16.3. The number of nitrogens with one attached hydrogen (secondary N) is 1. The van der Waals surface area contributed by atoms with Gasteiger partial charge in [-0.3, -0.25) is 0 Å². The number of aromatic nitrogens is 2. The van der Waals surface area contributed by atoms with E-state index in [0.717, 1.165) is 12.0 Å². The van der Waals surface area contributed by atoms with Crippen molar-refractivity contribution in [2.45, 2.75) is 19.4 Å². The van der Waals surface area contributed by atoms with Crippen LogP contribution in [0, 0.1) is 10.1 Å². The van der Waals surface area contributed by atoms with Gasteiger partial charge in [0.2, 0.25) is 5.82 Å². The predicted molar refractivity (Wildman–Crippen MR) is 82.8 cm³/mol. The summed E-state index contributed by atoms with van der Waals surface area (Å²) in [6, 6.07) is 9.87. The Balaban J connectivity index is 1.98. The highest BCUT2D eigenvalue weighted by Crippen LogP contribution is 2.31. The van der Waals surface area contributed by atoms with Crippen LogP contribution in [0.4, 0.5) is 11.6 Å². The van der Waals surface area contributed by atoms with Gasteiger partial charge in [-0.1, -0.05) is 48.6 Å². The number of nitro groups is 1. The van der Waals surface area contributed by atoms with Gasteiger partial charge in [-0.15, -0.1) is 0 Å². The molecule has 0 spiro atoms.